The van der Waals surface area contributed by atoms with Gasteiger partial charge in [0.2, 0.25) is 0 Å². The highest BCUT2D eigenvalue weighted by Crippen LogP contribution is 2.02. The number of carbonyl (C=O) groups excluding carboxylic acids is 2. The van der Waals surface area contributed by atoms with Crippen LogP contribution in [-0.2, 0) is 9.63 Å². The summed E-state index contributed by atoms with van der Waals surface area (Å²) in [5.74, 6) is -1.19. The summed E-state index contributed by atoms with van der Waals surface area (Å²) in [6.45, 7) is 4.05. The molecule has 1 aromatic rings. The highest BCUT2D eigenvalue weighted by atomic mass is 19.1. The molecule has 1 aromatic carbocycles. The molecule has 0 bridgehead atoms. The normalized spacial score (nSPS) is 10.3. The summed E-state index contributed by atoms with van der Waals surface area (Å²) in [7, 11) is 0. The molecule has 2 amide bonds. The van der Waals surface area contributed by atoms with Crippen LogP contribution in [0.1, 0.15) is 24.2 Å². The van der Waals surface area contributed by atoms with E-state index in [9.17, 15) is 14.0 Å². The molecule has 0 radical (unpaired) electrons. The first-order valence-corrected chi connectivity index (χ1v) is 5.93. The third-order valence-electron chi connectivity index (χ3n) is 2.10. The van der Waals surface area contributed by atoms with Crippen LogP contribution in [0, 0.1) is 11.7 Å². The van der Waals surface area contributed by atoms with Crippen LogP contribution in [0.5, 0.6) is 0 Å². The lowest BCUT2D eigenvalue weighted by Gasteiger charge is -2.08. The third kappa shape index (κ3) is 5.96. The Hall–Kier alpha value is -1.95. The number of amides is 2. The highest BCUT2D eigenvalue weighted by molar-refractivity contribution is 5.96. The van der Waals surface area contributed by atoms with E-state index in [1.807, 2.05) is 13.8 Å². The van der Waals surface area contributed by atoms with Gasteiger partial charge in [-0.25, -0.2) is 9.87 Å². The van der Waals surface area contributed by atoms with Crippen LogP contribution >= 0.6 is 0 Å². The fourth-order valence-electron chi connectivity index (χ4n) is 1.22. The molecule has 0 fully saturated rings. The van der Waals surface area contributed by atoms with Gasteiger partial charge in [0.25, 0.3) is 11.8 Å². The number of halogens is 1. The molecule has 0 aromatic heterocycles. The maximum absolute atomic E-state index is 12.9. The van der Waals surface area contributed by atoms with E-state index >= 15 is 0 Å². The Morgan fingerprint density at radius 1 is 1.37 bits per heavy atom. The topological polar surface area (TPSA) is 67.4 Å². The number of hydrogen-bond acceptors (Lipinski definition) is 3. The molecule has 0 aliphatic carbocycles. The molecule has 0 unspecified atom stereocenters. The van der Waals surface area contributed by atoms with Crippen molar-refractivity contribution in [3.05, 3.63) is 35.6 Å². The Labute approximate surface area is 111 Å². The summed E-state index contributed by atoms with van der Waals surface area (Å²) >= 11 is 0. The van der Waals surface area contributed by atoms with Crippen molar-refractivity contribution in [2.75, 3.05) is 13.2 Å². The van der Waals surface area contributed by atoms with Gasteiger partial charge in [0, 0.05) is 5.56 Å². The van der Waals surface area contributed by atoms with Gasteiger partial charge in [-0.2, -0.15) is 0 Å². The van der Waals surface area contributed by atoms with Crippen molar-refractivity contribution in [1.82, 2.24) is 10.8 Å². The number of hydrogen-bond donors (Lipinski definition) is 2. The van der Waals surface area contributed by atoms with E-state index in [1.165, 1.54) is 18.2 Å². The Morgan fingerprint density at radius 3 is 2.74 bits per heavy atom. The summed E-state index contributed by atoms with van der Waals surface area (Å²) in [4.78, 5) is 27.8. The first-order valence-electron chi connectivity index (χ1n) is 5.93. The number of carbonyl (C=O) groups is 2. The fourth-order valence-corrected chi connectivity index (χ4v) is 1.22. The lowest BCUT2D eigenvalue weighted by atomic mass is 10.2. The van der Waals surface area contributed by atoms with Crippen molar-refractivity contribution in [2.45, 2.75) is 13.8 Å². The molecule has 0 spiro atoms. The zero-order chi connectivity index (χ0) is 14.3. The van der Waals surface area contributed by atoms with Crippen molar-refractivity contribution in [2.24, 2.45) is 5.92 Å². The Balaban J connectivity index is 2.32. The summed E-state index contributed by atoms with van der Waals surface area (Å²) < 4.78 is 12.9. The van der Waals surface area contributed by atoms with Gasteiger partial charge in [-0.3, -0.25) is 14.4 Å². The third-order valence-corrected chi connectivity index (χ3v) is 2.10. The van der Waals surface area contributed by atoms with Gasteiger partial charge in [-0.1, -0.05) is 19.9 Å². The number of benzene rings is 1. The van der Waals surface area contributed by atoms with Crippen LogP contribution < -0.4 is 10.8 Å². The average molecular weight is 268 g/mol. The minimum atomic E-state index is -0.515. The van der Waals surface area contributed by atoms with Gasteiger partial charge in [-0.05, 0) is 24.1 Å². The zero-order valence-corrected chi connectivity index (χ0v) is 10.9. The molecule has 0 saturated carbocycles. The molecule has 0 aliphatic heterocycles. The van der Waals surface area contributed by atoms with Crippen molar-refractivity contribution >= 4 is 11.8 Å². The quantitative estimate of drug-likeness (QED) is 0.763. The standard InChI is InChI=1S/C13H17FN2O3/c1-9(2)8-19-16-12(17)7-15-13(18)10-4-3-5-11(14)6-10/h3-6,9H,7-8H2,1-2H3,(H,15,18)(H,16,17). The Morgan fingerprint density at radius 2 is 2.11 bits per heavy atom. The van der Waals surface area contributed by atoms with Gasteiger partial charge in [0.15, 0.2) is 0 Å². The van der Waals surface area contributed by atoms with E-state index in [4.69, 9.17) is 4.84 Å². The van der Waals surface area contributed by atoms with Gasteiger partial charge >= 0.3 is 0 Å². The first kappa shape index (κ1) is 15.1. The van der Waals surface area contributed by atoms with E-state index in [2.05, 4.69) is 10.8 Å². The van der Waals surface area contributed by atoms with E-state index in [0.717, 1.165) is 6.07 Å². The summed E-state index contributed by atoms with van der Waals surface area (Å²) in [6, 6.07) is 5.23. The molecule has 0 aliphatic rings. The smallest absolute Gasteiger partial charge is 0.262 e. The van der Waals surface area contributed by atoms with Crippen molar-refractivity contribution in [3.63, 3.8) is 0 Å². The zero-order valence-electron chi connectivity index (χ0n) is 10.9. The van der Waals surface area contributed by atoms with Crippen LogP contribution in [0.3, 0.4) is 0 Å². The maximum Gasteiger partial charge on any atom is 0.262 e. The lowest BCUT2D eigenvalue weighted by Crippen LogP contribution is -2.37. The molecule has 0 saturated heterocycles. The van der Waals surface area contributed by atoms with Crippen LogP contribution in [-0.4, -0.2) is 25.0 Å². The van der Waals surface area contributed by atoms with E-state index in [-0.39, 0.29) is 12.1 Å². The van der Waals surface area contributed by atoms with Crippen LogP contribution in [0.2, 0.25) is 0 Å². The summed E-state index contributed by atoms with van der Waals surface area (Å²) in [6.07, 6.45) is 0. The van der Waals surface area contributed by atoms with Crippen LogP contribution in [0.25, 0.3) is 0 Å². The Kier molecular flexibility index (Phi) is 5.95. The lowest BCUT2D eigenvalue weighted by molar-refractivity contribution is -0.133. The molecular weight excluding hydrogens is 251 g/mol. The van der Waals surface area contributed by atoms with Crippen LogP contribution in [0.15, 0.2) is 24.3 Å². The molecule has 0 heterocycles. The van der Waals surface area contributed by atoms with E-state index in [1.54, 1.807) is 0 Å². The second kappa shape index (κ2) is 7.48. The number of nitrogens with one attached hydrogen (secondary N) is 2. The average Bonchev–Trinajstić information content (AvgIpc) is 2.35. The van der Waals surface area contributed by atoms with Crippen molar-refractivity contribution in [3.8, 4) is 0 Å². The second-order valence-electron chi connectivity index (χ2n) is 4.42. The van der Waals surface area contributed by atoms with E-state index < -0.39 is 17.6 Å². The first-order chi connectivity index (χ1) is 8.99. The van der Waals surface area contributed by atoms with Gasteiger partial charge in [0.05, 0.1) is 13.2 Å². The van der Waals surface area contributed by atoms with Gasteiger partial charge in [-0.15, -0.1) is 0 Å². The molecule has 6 heteroatoms. The maximum atomic E-state index is 12.9. The minimum absolute atomic E-state index is 0.163. The summed E-state index contributed by atoms with van der Waals surface area (Å²) in [5.41, 5.74) is 2.37. The summed E-state index contributed by atoms with van der Waals surface area (Å²) in [5, 5.41) is 2.37. The molecule has 104 valence electrons. The van der Waals surface area contributed by atoms with Gasteiger partial charge < -0.3 is 5.32 Å². The predicted molar refractivity (Wildman–Crippen MR) is 67.7 cm³/mol. The van der Waals surface area contributed by atoms with Crippen molar-refractivity contribution < 1.29 is 18.8 Å². The molecule has 1 rings (SSSR count). The number of hydroxylamine groups is 1. The molecule has 5 nitrogen and oxygen atoms in total. The second-order valence-corrected chi connectivity index (χ2v) is 4.42. The molecule has 0 atom stereocenters. The molecular formula is C13H17FN2O3. The van der Waals surface area contributed by atoms with Gasteiger partial charge in [0.1, 0.15) is 5.82 Å². The van der Waals surface area contributed by atoms with E-state index in [0.29, 0.717) is 12.5 Å². The molecule has 19 heavy (non-hydrogen) atoms. The largest absolute Gasteiger partial charge is 0.343 e. The monoisotopic (exact) mass is 268 g/mol. The number of rotatable bonds is 6. The minimum Gasteiger partial charge on any atom is -0.343 e. The predicted octanol–water partition coefficient (Wildman–Crippen LogP) is 1.26. The highest BCUT2D eigenvalue weighted by Gasteiger charge is 2.08. The molecule has 2 N–H and O–H groups in total. The Bertz CT molecular complexity index is 449. The fraction of sp³-hybridized carbons (Fsp3) is 0.385. The SMILES string of the molecule is CC(C)CONC(=O)CNC(=O)c1cccc(F)c1. The van der Waals surface area contributed by atoms with Crippen molar-refractivity contribution in [1.29, 1.82) is 0 Å². The van der Waals surface area contributed by atoms with Crippen LogP contribution in [0.4, 0.5) is 4.39 Å².